The lowest BCUT2D eigenvalue weighted by molar-refractivity contribution is -0.141. The van der Waals surface area contributed by atoms with E-state index in [2.05, 4.69) is 9.13 Å². The number of hydrogen-bond donors (Lipinski definition) is 0. The van der Waals surface area contributed by atoms with Crippen molar-refractivity contribution in [3.63, 3.8) is 0 Å². The van der Waals surface area contributed by atoms with E-state index < -0.39 is 21.8 Å². The Kier molecular flexibility index (Phi) is 5.12. The Morgan fingerprint density at radius 2 is 1.96 bits per heavy atom. The molecule has 0 unspecified atom stereocenters. The van der Waals surface area contributed by atoms with Crippen molar-refractivity contribution in [2.45, 2.75) is 11.4 Å². The number of halogens is 2. The molecule has 3 aromatic rings. The number of aromatic nitrogens is 1. The van der Waals surface area contributed by atoms with E-state index in [1.165, 1.54) is 11.7 Å². The number of benzene rings is 2. The van der Waals surface area contributed by atoms with E-state index in [0.717, 1.165) is 35.6 Å². The van der Waals surface area contributed by atoms with E-state index in [4.69, 9.17) is 11.6 Å². The minimum atomic E-state index is -4.09. The van der Waals surface area contributed by atoms with Gasteiger partial charge in [0.25, 0.3) is 10.0 Å². The number of methoxy groups -OCH3 is 1. The van der Waals surface area contributed by atoms with Crippen LogP contribution in [-0.2, 0) is 26.1 Å². The van der Waals surface area contributed by atoms with Crippen molar-refractivity contribution in [3.8, 4) is 0 Å². The summed E-state index contributed by atoms with van der Waals surface area (Å²) >= 11 is 7.04. The third-order valence-electron chi connectivity index (χ3n) is 3.47. The first kappa shape index (κ1) is 18.6. The molecule has 0 saturated carbocycles. The summed E-state index contributed by atoms with van der Waals surface area (Å²) in [5.74, 6) is -1.11. The van der Waals surface area contributed by atoms with Crippen molar-refractivity contribution >= 4 is 49.1 Å². The van der Waals surface area contributed by atoms with Gasteiger partial charge in [-0.25, -0.2) is 4.39 Å². The normalized spacial score (nSPS) is 12.5. The van der Waals surface area contributed by atoms with Gasteiger partial charge in [-0.15, -0.1) is 4.40 Å². The molecule has 136 valence electrons. The standard InChI is InChI=1S/C16H12ClFN2O4S2/c1-24-15(21)9-20-13-7-2-10(17)8-14(13)25-16(20)19-26(22,23)12-5-3-11(18)4-6-12/h2-8H,9H2,1H3. The van der Waals surface area contributed by atoms with Gasteiger partial charge in [0.05, 0.1) is 22.2 Å². The smallest absolute Gasteiger partial charge is 0.325 e. The van der Waals surface area contributed by atoms with Gasteiger partial charge in [0, 0.05) is 5.02 Å². The molecular formula is C16H12ClFN2O4S2. The number of nitrogens with zero attached hydrogens (tertiary/aromatic N) is 2. The molecule has 0 radical (unpaired) electrons. The predicted octanol–water partition coefficient (Wildman–Crippen LogP) is 2.96. The lowest BCUT2D eigenvalue weighted by Crippen LogP contribution is -2.22. The molecular weight excluding hydrogens is 403 g/mol. The second-order valence-electron chi connectivity index (χ2n) is 5.18. The van der Waals surface area contributed by atoms with Crippen LogP contribution in [0.15, 0.2) is 51.8 Å². The number of esters is 1. The number of ether oxygens (including phenoxy) is 1. The number of thiazole rings is 1. The van der Waals surface area contributed by atoms with Crippen molar-refractivity contribution in [2.75, 3.05) is 7.11 Å². The summed E-state index contributed by atoms with van der Waals surface area (Å²) in [6, 6.07) is 9.28. The minimum Gasteiger partial charge on any atom is -0.468 e. The van der Waals surface area contributed by atoms with Crippen molar-refractivity contribution in [1.82, 2.24) is 4.57 Å². The van der Waals surface area contributed by atoms with Crippen LogP contribution in [0, 0.1) is 5.82 Å². The molecule has 1 aromatic heterocycles. The maximum Gasteiger partial charge on any atom is 0.325 e. The van der Waals surface area contributed by atoms with Gasteiger partial charge >= 0.3 is 5.97 Å². The molecule has 1 heterocycles. The van der Waals surface area contributed by atoms with Crippen LogP contribution in [0.1, 0.15) is 0 Å². The Labute approximate surface area is 157 Å². The van der Waals surface area contributed by atoms with Crippen molar-refractivity contribution in [2.24, 2.45) is 4.40 Å². The Morgan fingerprint density at radius 1 is 1.27 bits per heavy atom. The number of rotatable bonds is 4. The van der Waals surface area contributed by atoms with E-state index in [1.54, 1.807) is 18.2 Å². The zero-order valence-electron chi connectivity index (χ0n) is 13.3. The summed E-state index contributed by atoms with van der Waals surface area (Å²) in [5.41, 5.74) is 0.595. The second kappa shape index (κ2) is 7.18. The zero-order chi connectivity index (χ0) is 18.9. The summed E-state index contributed by atoms with van der Waals surface area (Å²) < 4.78 is 48.7. The summed E-state index contributed by atoms with van der Waals surface area (Å²) in [6.45, 7) is -0.212. The first-order valence-electron chi connectivity index (χ1n) is 7.22. The van der Waals surface area contributed by atoms with Gasteiger partial charge in [0.15, 0.2) is 0 Å². The summed E-state index contributed by atoms with van der Waals surface area (Å²) in [7, 11) is -2.85. The molecule has 0 spiro atoms. The largest absolute Gasteiger partial charge is 0.468 e. The highest BCUT2D eigenvalue weighted by Crippen LogP contribution is 2.22. The van der Waals surface area contributed by atoms with Gasteiger partial charge < -0.3 is 9.30 Å². The van der Waals surface area contributed by atoms with Crippen molar-refractivity contribution in [1.29, 1.82) is 0 Å². The molecule has 6 nitrogen and oxygen atoms in total. The first-order chi connectivity index (χ1) is 12.3. The lowest BCUT2D eigenvalue weighted by Gasteiger charge is -2.04. The van der Waals surface area contributed by atoms with Crippen LogP contribution in [0.3, 0.4) is 0 Å². The van der Waals surface area contributed by atoms with Crippen LogP contribution in [0.5, 0.6) is 0 Å². The molecule has 0 atom stereocenters. The molecule has 26 heavy (non-hydrogen) atoms. The molecule has 3 rings (SSSR count). The molecule has 0 bridgehead atoms. The molecule has 0 aliphatic carbocycles. The van der Waals surface area contributed by atoms with E-state index in [0.29, 0.717) is 15.2 Å². The highest BCUT2D eigenvalue weighted by Gasteiger charge is 2.16. The van der Waals surface area contributed by atoms with Crippen LogP contribution in [-0.4, -0.2) is 26.1 Å². The van der Waals surface area contributed by atoms with Gasteiger partial charge in [-0.05, 0) is 42.5 Å². The molecule has 2 aromatic carbocycles. The van der Waals surface area contributed by atoms with Crippen molar-refractivity contribution < 1.29 is 22.3 Å². The van der Waals surface area contributed by atoms with Crippen molar-refractivity contribution in [3.05, 3.63) is 58.1 Å². The Bertz CT molecular complexity index is 1150. The maximum absolute atomic E-state index is 13.0. The van der Waals surface area contributed by atoms with Crippen LogP contribution in [0.25, 0.3) is 10.2 Å². The average molecular weight is 415 g/mol. The molecule has 10 heteroatoms. The number of carbonyl (C=O) groups excluding carboxylic acids is 1. The highest BCUT2D eigenvalue weighted by atomic mass is 35.5. The molecule has 0 saturated heterocycles. The fraction of sp³-hybridized carbons (Fsp3) is 0.125. The topological polar surface area (TPSA) is 77.7 Å². The predicted molar refractivity (Wildman–Crippen MR) is 96.0 cm³/mol. The average Bonchev–Trinajstić information content (AvgIpc) is 2.90. The molecule has 0 N–H and O–H groups in total. The van der Waals surface area contributed by atoms with Crippen LogP contribution >= 0.6 is 22.9 Å². The van der Waals surface area contributed by atoms with Gasteiger partial charge in [-0.1, -0.05) is 22.9 Å². The second-order valence-corrected chi connectivity index (χ2v) is 8.23. The van der Waals surface area contributed by atoms with Gasteiger partial charge in [-0.2, -0.15) is 8.42 Å². The monoisotopic (exact) mass is 414 g/mol. The van der Waals surface area contributed by atoms with Crippen LogP contribution in [0.4, 0.5) is 4.39 Å². The zero-order valence-corrected chi connectivity index (χ0v) is 15.7. The summed E-state index contributed by atoms with van der Waals surface area (Å²) in [4.78, 5) is 11.6. The Balaban J connectivity index is 2.22. The van der Waals surface area contributed by atoms with E-state index in [-0.39, 0.29) is 16.2 Å². The fourth-order valence-corrected chi connectivity index (χ4v) is 4.73. The van der Waals surface area contributed by atoms with Gasteiger partial charge in [-0.3, -0.25) is 4.79 Å². The van der Waals surface area contributed by atoms with E-state index >= 15 is 0 Å². The quantitative estimate of drug-likeness (QED) is 0.615. The molecule has 0 aliphatic heterocycles. The highest BCUT2D eigenvalue weighted by molar-refractivity contribution is 7.90. The maximum atomic E-state index is 13.0. The summed E-state index contributed by atoms with van der Waals surface area (Å²) in [5, 5.41) is 0.469. The van der Waals surface area contributed by atoms with Gasteiger partial charge in [0.2, 0.25) is 4.80 Å². The van der Waals surface area contributed by atoms with Gasteiger partial charge in [0.1, 0.15) is 12.4 Å². The number of sulfonamides is 1. The lowest BCUT2D eigenvalue weighted by atomic mass is 10.3. The molecule has 0 fully saturated rings. The third-order valence-corrected chi connectivity index (χ3v) is 6.14. The molecule has 0 amide bonds. The Morgan fingerprint density at radius 3 is 2.62 bits per heavy atom. The van der Waals surface area contributed by atoms with Crippen LogP contribution < -0.4 is 4.80 Å². The van der Waals surface area contributed by atoms with E-state index in [1.807, 2.05) is 0 Å². The Hall–Kier alpha value is -2.23. The van der Waals surface area contributed by atoms with Crippen LogP contribution in [0.2, 0.25) is 5.02 Å². The number of fused-ring (bicyclic) bond motifs is 1. The molecule has 0 aliphatic rings. The fourth-order valence-electron chi connectivity index (χ4n) is 2.23. The third kappa shape index (κ3) is 3.79. The SMILES string of the molecule is COC(=O)Cn1c(=NS(=O)(=O)c2ccc(F)cc2)sc2cc(Cl)ccc21. The number of hydrogen-bond acceptors (Lipinski definition) is 5. The minimum absolute atomic E-state index is 0.0805. The number of carbonyl (C=O) groups is 1. The summed E-state index contributed by atoms with van der Waals surface area (Å²) in [6.07, 6.45) is 0. The van der Waals surface area contributed by atoms with E-state index in [9.17, 15) is 17.6 Å². The first-order valence-corrected chi connectivity index (χ1v) is 9.86.